The molecule has 3 aromatic heterocycles. The fourth-order valence-electron chi connectivity index (χ4n) is 2.69. The van der Waals surface area contributed by atoms with Crippen LogP contribution in [0, 0.1) is 0 Å². The van der Waals surface area contributed by atoms with Gasteiger partial charge < -0.3 is 0 Å². The molecule has 0 saturated carbocycles. The number of carbonyl (C=O) groups is 1. The molecule has 0 unspecified atom stereocenters. The van der Waals surface area contributed by atoms with Crippen molar-refractivity contribution in [3.05, 3.63) is 58.4 Å². The first-order chi connectivity index (χ1) is 13.4. The fourth-order valence-corrected chi connectivity index (χ4v) is 5.27. The van der Waals surface area contributed by atoms with E-state index >= 15 is 0 Å². The van der Waals surface area contributed by atoms with Gasteiger partial charge in [-0.15, -0.1) is 27.8 Å². The van der Waals surface area contributed by atoms with Crippen molar-refractivity contribution in [1.82, 2.24) is 19.3 Å². The molecule has 0 bridgehead atoms. The van der Waals surface area contributed by atoms with Gasteiger partial charge in [0.2, 0.25) is 15.0 Å². The number of thiazole rings is 1. The van der Waals surface area contributed by atoms with Crippen LogP contribution in [0.1, 0.15) is 23.0 Å². The maximum absolute atomic E-state index is 12.5. The Morgan fingerprint density at radius 2 is 2.07 bits per heavy atom. The molecule has 28 heavy (non-hydrogen) atoms. The number of rotatable bonds is 7. The van der Waals surface area contributed by atoms with Crippen LogP contribution in [0.15, 0.2) is 52.1 Å². The molecule has 0 spiro atoms. The second-order valence-corrected chi connectivity index (χ2v) is 9.62. The quantitative estimate of drug-likeness (QED) is 0.453. The first kappa shape index (κ1) is 18.9. The lowest BCUT2D eigenvalue weighted by molar-refractivity contribution is 0.101. The van der Waals surface area contributed by atoms with Crippen molar-refractivity contribution in [1.29, 1.82) is 0 Å². The Morgan fingerprint density at radius 3 is 2.82 bits per heavy atom. The lowest BCUT2D eigenvalue weighted by Crippen LogP contribution is -2.26. The van der Waals surface area contributed by atoms with Crippen LogP contribution in [-0.4, -0.2) is 35.3 Å². The second-order valence-electron chi connectivity index (χ2n) is 6.07. The smallest absolute Gasteiger partial charge is 0.240 e. The highest BCUT2D eigenvalue weighted by Gasteiger charge is 2.16. The van der Waals surface area contributed by atoms with E-state index in [1.165, 1.54) is 30.4 Å². The molecule has 10 heteroatoms. The molecule has 4 aromatic rings. The van der Waals surface area contributed by atoms with E-state index in [2.05, 4.69) is 14.8 Å². The summed E-state index contributed by atoms with van der Waals surface area (Å²) in [4.78, 5) is 17.8. The van der Waals surface area contributed by atoms with Crippen LogP contribution < -0.4 is 4.72 Å². The Kier molecular flexibility index (Phi) is 5.11. The van der Waals surface area contributed by atoms with Crippen molar-refractivity contribution < 1.29 is 13.2 Å². The monoisotopic (exact) mass is 432 g/mol. The van der Waals surface area contributed by atoms with E-state index < -0.39 is 10.0 Å². The van der Waals surface area contributed by atoms with Gasteiger partial charge in [-0.1, -0.05) is 18.2 Å². The summed E-state index contributed by atoms with van der Waals surface area (Å²) >= 11 is 3.04. The zero-order chi connectivity index (χ0) is 19.7. The zero-order valence-electron chi connectivity index (χ0n) is 14.8. The van der Waals surface area contributed by atoms with Crippen molar-refractivity contribution in [2.24, 2.45) is 0 Å². The minimum Gasteiger partial charge on any atom is -0.295 e. The average molecular weight is 433 g/mol. The van der Waals surface area contributed by atoms with E-state index in [1.54, 1.807) is 28.0 Å². The molecule has 0 aliphatic rings. The number of nitrogens with zero attached hydrogens (tertiary/aromatic N) is 3. The Labute approximate surface area is 169 Å². The number of aromatic nitrogens is 3. The number of thiophene rings is 1. The third kappa shape index (κ3) is 3.76. The van der Waals surface area contributed by atoms with Crippen LogP contribution in [0.4, 0.5) is 0 Å². The summed E-state index contributed by atoms with van der Waals surface area (Å²) < 4.78 is 29.4. The van der Waals surface area contributed by atoms with Crippen LogP contribution in [0.2, 0.25) is 0 Å². The van der Waals surface area contributed by atoms with E-state index in [-0.39, 0.29) is 17.2 Å². The SMILES string of the molecule is CC(=O)c1cccc(S(=O)(=O)NCCc2csc3nc(-c4cccs4)nn23)c1. The molecule has 0 amide bonds. The minimum absolute atomic E-state index is 0.0800. The summed E-state index contributed by atoms with van der Waals surface area (Å²) in [7, 11) is -3.70. The first-order valence-electron chi connectivity index (χ1n) is 8.42. The maximum Gasteiger partial charge on any atom is 0.240 e. The van der Waals surface area contributed by atoms with Gasteiger partial charge in [-0.05, 0) is 30.5 Å². The number of nitrogens with one attached hydrogen (secondary N) is 1. The van der Waals surface area contributed by atoms with Crippen LogP contribution in [-0.2, 0) is 16.4 Å². The molecular formula is C18H16N4O3S3. The molecule has 4 rings (SSSR count). The number of hydrogen-bond donors (Lipinski definition) is 1. The molecule has 3 heterocycles. The molecule has 0 fully saturated rings. The fraction of sp³-hybridized carbons (Fsp3) is 0.167. The van der Waals surface area contributed by atoms with Crippen LogP contribution in [0.3, 0.4) is 0 Å². The average Bonchev–Trinajstić information content (AvgIpc) is 3.39. The summed E-state index contributed by atoms with van der Waals surface area (Å²) in [5, 5.41) is 8.43. The molecule has 7 nitrogen and oxygen atoms in total. The van der Waals surface area contributed by atoms with Crippen molar-refractivity contribution in [2.75, 3.05) is 6.54 Å². The van der Waals surface area contributed by atoms with E-state index in [1.807, 2.05) is 22.9 Å². The summed E-state index contributed by atoms with van der Waals surface area (Å²) in [6, 6.07) is 9.94. The number of ketones is 1. The molecule has 0 radical (unpaired) electrons. The molecule has 0 atom stereocenters. The van der Waals surface area contributed by atoms with Crippen molar-refractivity contribution in [3.8, 4) is 10.7 Å². The van der Waals surface area contributed by atoms with E-state index in [9.17, 15) is 13.2 Å². The van der Waals surface area contributed by atoms with Crippen LogP contribution >= 0.6 is 22.7 Å². The van der Waals surface area contributed by atoms with Crippen molar-refractivity contribution in [3.63, 3.8) is 0 Å². The summed E-state index contributed by atoms with van der Waals surface area (Å²) in [6.45, 7) is 1.62. The first-order valence-corrected chi connectivity index (χ1v) is 11.7. The highest BCUT2D eigenvalue weighted by molar-refractivity contribution is 7.89. The van der Waals surface area contributed by atoms with Gasteiger partial charge in [-0.2, -0.15) is 4.98 Å². The van der Waals surface area contributed by atoms with E-state index in [4.69, 9.17) is 0 Å². The normalized spacial score (nSPS) is 11.9. The summed E-state index contributed by atoms with van der Waals surface area (Å²) in [5.74, 6) is 0.496. The molecule has 0 saturated heterocycles. The summed E-state index contributed by atoms with van der Waals surface area (Å²) in [6.07, 6.45) is 0.471. The van der Waals surface area contributed by atoms with Crippen LogP contribution in [0.5, 0.6) is 0 Å². The van der Waals surface area contributed by atoms with Gasteiger partial charge in [0.25, 0.3) is 0 Å². The molecule has 0 aliphatic carbocycles. The minimum atomic E-state index is -3.70. The largest absolute Gasteiger partial charge is 0.295 e. The second kappa shape index (κ2) is 7.55. The molecule has 144 valence electrons. The lowest BCUT2D eigenvalue weighted by Gasteiger charge is -2.07. The van der Waals surface area contributed by atoms with Gasteiger partial charge >= 0.3 is 0 Å². The third-order valence-electron chi connectivity index (χ3n) is 4.12. The molecular weight excluding hydrogens is 416 g/mol. The van der Waals surface area contributed by atoms with Crippen molar-refractivity contribution in [2.45, 2.75) is 18.2 Å². The van der Waals surface area contributed by atoms with Gasteiger partial charge in [0.15, 0.2) is 11.6 Å². The summed E-state index contributed by atoms with van der Waals surface area (Å²) in [5.41, 5.74) is 1.25. The highest BCUT2D eigenvalue weighted by atomic mass is 32.2. The Bertz CT molecular complexity index is 1240. The lowest BCUT2D eigenvalue weighted by atomic mass is 10.2. The third-order valence-corrected chi connectivity index (χ3v) is 7.31. The number of benzene rings is 1. The van der Waals surface area contributed by atoms with E-state index in [0.717, 1.165) is 15.5 Å². The van der Waals surface area contributed by atoms with E-state index in [0.29, 0.717) is 17.8 Å². The molecule has 1 N–H and O–H groups in total. The molecule has 0 aliphatic heterocycles. The van der Waals surface area contributed by atoms with Crippen LogP contribution in [0.25, 0.3) is 15.7 Å². The highest BCUT2D eigenvalue weighted by Crippen LogP contribution is 2.24. The Morgan fingerprint density at radius 1 is 1.21 bits per heavy atom. The number of hydrogen-bond acceptors (Lipinski definition) is 7. The van der Waals surface area contributed by atoms with Gasteiger partial charge in [0.1, 0.15) is 0 Å². The maximum atomic E-state index is 12.5. The number of Topliss-reactive ketones (excluding diaryl/α,β-unsaturated/α-hetero) is 1. The number of sulfonamides is 1. The zero-order valence-corrected chi connectivity index (χ0v) is 17.3. The number of carbonyl (C=O) groups excluding carboxylic acids is 1. The Balaban J connectivity index is 1.47. The van der Waals surface area contributed by atoms with Gasteiger partial charge in [-0.3, -0.25) is 4.79 Å². The standard InChI is InChI=1S/C18H16N4O3S3/c1-12(23)13-4-2-5-15(10-13)28(24,25)19-8-7-14-11-27-18-20-17(21-22(14)18)16-6-3-9-26-16/h2-6,9-11,19H,7-8H2,1H3. The van der Waals surface area contributed by atoms with Gasteiger partial charge in [0.05, 0.1) is 15.5 Å². The number of fused-ring (bicyclic) bond motifs is 1. The van der Waals surface area contributed by atoms with Crippen molar-refractivity contribution >= 4 is 43.4 Å². The molecule has 1 aromatic carbocycles. The predicted molar refractivity (Wildman–Crippen MR) is 110 cm³/mol. The predicted octanol–water partition coefficient (Wildman–Crippen LogP) is 3.24. The van der Waals surface area contributed by atoms with Gasteiger partial charge in [-0.25, -0.2) is 17.7 Å². The topological polar surface area (TPSA) is 93.4 Å². The van der Waals surface area contributed by atoms with Gasteiger partial charge in [0, 0.05) is 23.9 Å². The Hall–Kier alpha value is -2.40.